The van der Waals surface area contributed by atoms with Crippen molar-refractivity contribution in [2.45, 2.75) is 6.54 Å². The van der Waals surface area contributed by atoms with E-state index in [9.17, 15) is 10.1 Å². The summed E-state index contributed by atoms with van der Waals surface area (Å²) < 4.78 is 5.43. The van der Waals surface area contributed by atoms with Crippen molar-refractivity contribution in [1.29, 1.82) is 0 Å². The van der Waals surface area contributed by atoms with E-state index in [1.54, 1.807) is 6.07 Å². The summed E-state index contributed by atoms with van der Waals surface area (Å²) >= 11 is 0. The quantitative estimate of drug-likeness (QED) is 0.652. The molecule has 7 nitrogen and oxygen atoms in total. The lowest BCUT2D eigenvalue weighted by Gasteiger charge is -2.05. The molecule has 0 saturated carbocycles. The SMILES string of the molecule is CNCc1cccc(Oc2ncc([N+](=O)[O-])cn2)c1. The molecular weight excluding hydrogens is 248 g/mol. The number of benzene rings is 1. The van der Waals surface area contributed by atoms with E-state index in [4.69, 9.17) is 4.74 Å². The normalized spacial score (nSPS) is 10.2. The first-order valence-corrected chi connectivity index (χ1v) is 5.57. The highest BCUT2D eigenvalue weighted by molar-refractivity contribution is 5.31. The Morgan fingerprint density at radius 3 is 2.74 bits per heavy atom. The molecule has 19 heavy (non-hydrogen) atoms. The summed E-state index contributed by atoms with van der Waals surface area (Å²) in [7, 11) is 1.85. The summed E-state index contributed by atoms with van der Waals surface area (Å²) in [5.74, 6) is 0.585. The minimum absolute atomic E-state index is 0.0761. The van der Waals surface area contributed by atoms with Crippen LogP contribution in [0, 0.1) is 10.1 Å². The zero-order valence-electron chi connectivity index (χ0n) is 10.2. The van der Waals surface area contributed by atoms with Crippen LogP contribution in [0.2, 0.25) is 0 Å². The van der Waals surface area contributed by atoms with Gasteiger partial charge in [0, 0.05) is 6.54 Å². The molecule has 1 aromatic heterocycles. The van der Waals surface area contributed by atoms with Gasteiger partial charge in [0.25, 0.3) is 0 Å². The Bertz CT molecular complexity index is 571. The van der Waals surface area contributed by atoms with Gasteiger partial charge in [-0.1, -0.05) is 12.1 Å². The number of nitrogens with one attached hydrogen (secondary N) is 1. The van der Waals surface area contributed by atoms with Gasteiger partial charge in [-0.2, -0.15) is 9.97 Å². The molecule has 7 heteroatoms. The minimum Gasteiger partial charge on any atom is -0.424 e. The third-order valence-electron chi connectivity index (χ3n) is 2.31. The molecule has 0 saturated heterocycles. The van der Waals surface area contributed by atoms with Gasteiger partial charge >= 0.3 is 11.7 Å². The fraction of sp³-hybridized carbons (Fsp3) is 0.167. The predicted molar refractivity (Wildman–Crippen MR) is 68.0 cm³/mol. The van der Waals surface area contributed by atoms with Crippen LogP contribution in [0.3, 0.4) is 0 Å². The van der Waals surface area contributed by atoms with Gasteiger partial charge in [-0.3, -0.25) is 10.1 Å². The van der Waals surface area contributed by atoms with Crippen LogP contribution in [-0.2, 0) is 6.54 Å². The van der Waals surface area contributed by atoms with Crippen LogP contribution >= 0.6 is 0 Å². The van der Waals surface area contributed by atoms with Crippen LogP contribution in [0.1, 0.15) is 5.56 Å². The molecule has 0 amide bonds. The molecule has 2 aromatic rings. The van der Waals surface area contributed by atoms with Crippen molar-refractivity contribution in [3.05, 3.63) is 52.3 Å². The molecule has 2 rings (SSSR count). The van der Waals surface area contributed by atoms with Crippen molar-refractivity contribution in [3.63, 3.8) is 0 Å². The number of ether oxygens (including phenoxy) is 1. The number of rotatable bonds is 5. The molecule has 98 valence electrons. The summed E-state index contributed by atoms with van der Waals surface area (Å²) in [5, 5.41) is 13.5. The second-order valence-corrected chi connectivity index (χ2v) is 3.76. The third-order valence-corrected chi connectivity index (χ3v) is 2.31. The average Bonchev–Trinajstić information content (AvgIpc) is 2.40. The van der Waals surface area contributed by atoms with Crippen molar-refractivity contribution >= 4 is 5.69 Å². The molecule has 0 bridgehead atoms. The number of nitro groups is 1. The predicted octanol–water partition coefficient (Wildman–Crippen LogP) is 1.90. The number of hydrogen-bond donors (Lipinski definition) is 1. The van der Waals surface area contributed by atoms with E-state index >= 15 is 0 Å². The van der Waals surface area contributed by atoms with E-state index in [1.807, 2.05) is 25.2 Å². The van der Waals surface area contributed by atoms with E-state index in [2.05, 4.69) is 15.3 Å². The molecule has 0 fully saturated rings. The summed E-state index contributed by atoms with van der Waals surface area (Å²) in [4.78, 5) is 17.5. The van der Waals surface area contributed by atoms with Gasteiger partial charge in [0.1, 0.15) is 18.1 Å². The van der Waals surface area contributed by atoms with E-state index in [1.165, 1.54) is 0 Å². The first kappa shape index (κ1) is 12.9. The van der Waals surface area contributed by atoms with E-state index in [0.717, 1.165) is 24.5 Å². The molecule has 1 N–H and O–H groups in total. The standard InChI is InChI=1S/C12H12N4O3/c1-13-6-9-3-2-4-11(5-9)19-12-14-7-10(8-15-12)16(17)18/h2-5,7-8,13H,6H2,1H3. The third kappa shape index (κ3) is 3.46. The average molecular weight is 260 g/mol. The number of hydrogen-bond acceptors (Lipinski definition) is 6. The smallest absolute Gasteiger partial charge is 0.322 e. The Morgan fingerprint density at radius 1 is 1.37 bits per heavy atom. The van der Waals surface area contributed by atoms with Gasteiger partial charge < -0.3 is 10.1 Å². The van der Waals surface area contributed by atoms with Crippen LogP contribution < -0.4 is 10.1 Å². The fourth-order valence-corrected chi connectivity index (χ4v) is 1.48. The van der Waals surface area contributed by atoms with Gasteiger partial charge in [0.15, 0.2) is 0 Å². The summed E-state index contributed by atoms with van der Waals surface area (Å²) in [6.07, 6.45) is 2.22. The molecule has 0 spiro atoms. The maximum Gasteiger partial charge on any atom is 0.322 e. The lowest BCUT2D eigenvalue weighted by atomic mass is 10.2. The van der Waals surface area contributed by atoms with Crippen LogP contribution in [-0.4, -0.2) is 21.9 Å². The van der Waals surface area contributed by atoms with E-state index in [0.29, 0.717) is 5.75 Å². The molecule has 0 radical (unpaired) electrons. The topological polar surface area (TPSA) is 90.2 Å². The Labute approximate surface area is 109 Å². The van der Waals surface area contributed by atoms with Gasteiger partial charge in [0.05, 0.1) is 4.92 Å². The Balaban J connectivity index is 2.12. The molecule has 0 aliphatic rings. The highest BCUT2D eigenvalue weighted by Crippen LogP contribution is 2.19. The second kappa shape index (κ2) is 5.87. The van der Waals surface area contributed by atoms with Gasteiger partial charge in [-0.25, -0.2) is 0 Å². The molecule has 1 aromatic carbocycles. The Morgan fingerprint density at radius 2 is 2.11 bits per heavy atom. The second-order valence-electron chi connectivity index (χ2n) is 3.76. The first-order chi connectivity index (χ1) is 9.19. The monoisotopic (exact) mass is 260 g/mol. The fourth-order valence-electron chi connectivity index (χ4n) is 1.48. The van der Waals surface area contributed by atoms with E-state index in [-0.39, 0.29) is 11.7 Å². The molecule has 1 heterocycles. The van der Waals surface area contributed by atoms with Crippen LogP contribution in [0.5, 0.6) is 11.8 Å². The zero-order valence-corrected chi connectivity index (χ0v) is 10.2. The van der Waals surface area contributed by atoms with Crippen molar-refractivity contribution in [2.75, 3.05) is 7.05 Å². The zero-order chi connectivity index (χ0) is 13.7. The number of nitrogens with zero attached hydrogens (tertiary/aromatic N) is 3. The lowest BCUT2D eigenvalue weighted by Crippen LogP contribution is -2.04. The van der Waals surface area contributed by atoms with Crippen molar-refractivity contribution < 1.29 is 9.66 Å². The molecular formula is C12H12N4O3. The van der Waals surface area contributed by atoms with Crippen molar-refractivity contribution in [3.8, 4) is 11.8 Å². The van der Waals surface area contributed by atoms with Gasteiger partial charge in [-0.05, 0) is 24.7 Å². The maximum absolute atomic E-state index is 10.5. The van der Waals surface area contributed by atoms with Crippen molar-refractivity contribution in [1.82, 2.24) is 15.3 Å². The minimum atomic E-state index is -0.558. The molecule has 0 unspecified atom stereocenters. The first-order valence-electron chi connectivity index (χ1n) is 5.57. The molecule has 0 aliphatic heterocycles. The number of aromatic nitrogens is 2. The van der Waals surface area contributed by atoms with Gasteiger partial charge in [0.2, 0.25) is 0 Å². The van der Waals surface area contributed by atoms with Crippen LogP contribution in [0.4, 0.5) is 5.69 Å². The maximum atomic E-state index is 10.5. The van der Waals surface area contributed by atoms with Crippen LogP contribution in [0.25, 0.3) is 0 Å². The van der Waals surface area contributed by atoms with Crippen molar-refractivity contribution in [2.24, 2.45) is 0 Å². The molecule has 0 atom stereocenters. The molecule has 0 aliphatic carbocycles. The summed E-state index contributed by atoms with van der Waals surface area (Å²) in [6, 6.07) is 7.51. The summed E-state index contributed by atoms with van der Waals surface area (Å²) in [5.41, 5.74) is 0.887. The van der Waals surface area contributed by atoms with Gasteiger partial charge in [-0.15, -0.1) is 0 Å². The van der Waals surface area contributed by atoms with Crippen LogP contribution in [0.15, 0.2) is 36.7 Å². The lowest BCUT2D eigenvalue weighted by molar-refractivity contribution is -0.385. The summed E-state index contributed by atoms with van der Waals surface area (Å²) in [6.45, 7) is 0.721. The largest absolute Gasteiger partial charge is 0.424 e. The highest BCUT2D eigenvalue weighted by atomic mass is 16.6. The highest BCUT2D eigenvalue weighted by Gasteiger charge is 2.08. The Hall–Kier alpha value is -2.54. The van der Waals surface area contributed by atoms with E-state index < -0.39 is 4.92 Å². The Kier molecular flexibility index (Phi) is 3.99.